The van der Waals surface area contributed by atoms with Crippen molar-refractivity contribution in [1.29, 1.82) is 0 Å². The van der Waals surface area contributed by atoms with E-state index in [0.29, 0.717) is 24.7 Å². The molecular weight excluding hydrogens is 328 g/mol. The first-order chi connectivity index (χ1) is 11.5. The molecule has 6 nitrogen and oxygen atoms in total. The maximum atomic E-state index is 12.0. The number of aromatic nitrogens is 2. The van der Waals surface area contributed by atoms with Gasteiger partial charge in [0.1, 0.15) is 0 Å². The Morgan fingerprint density at radius 1 is 1.33 bits per heavy atom. The number of hydrogen-bond donors (Lipinski definition) is 2. The average molecular weight is 351 g/mol. The number of amides is 2. The van der Waals surface area contributed by atoms with E-state index >= 15 is 0 Å². The summed E-state index contributed by atoms with van der Waals surface area (Å²) in [6.07, 6.45) is 0.771. The normalized spacial score (nSPS) is 10.7. The molecule has 0 unspecified atom stereocenters. The van der Waals surface area contributed by atoms with Crippen LogP contribution in [0.25, 0.3) is 0 Å². The van der Waals surface area contributed by atoms with Crippen LogP contribution in [0.2, 0.25) is 5.02 Å². The first-order valence-corrected chi connectivity index (χ1v) is 8.22. The molecule has 0 aliphatic carbocycles. The molecule has 2 aromatic rings. The van der Waals surface area contributed by atoms with E-state index in [1.165, 1.54) is 0 Å². The maximum Gasteiger partial charge on any atom is 0.319 e. The summed E-state index contributed by atoms with van der Waals surface area (Å²) in [5.74, 6) is 0. The fourth-order valence-electron chi connectivity index (χ4n) is 2.40. The molecule has 0 radical (unpaired) electrons. The van der Waals surface area contributed by atoms with Crippen LogP contribution >= 0.6 is 11.6 Å². The molecule has 0 aliphatic rings. The zero-order chi connectivity index (χ0) is 17.5. The van der Waals surface area contributed by atoms with Crippen LogP contribution in [0.3, 0.4) is 0 Å². The van der Waals surface area contributed by atoms with Gasteiger partial charge in [-0.1, -0.05) is 29.8 Å². The largest absolute Gasteiger partial charge is 0.385 e. The molecule has 130 valence electrons. The average Bonchev–Trinajstić information content (AvgIpc) is 2.81. The van der Waals surface area contributed by atoms with E-state index in [1.807, 2.05) is 42.8 Å². The predicted molar refractivity (Wildman–Crippen MR) is 95.8 cm³/mol. The number of ether oxygens (including phenoxy) is 1. The molecule has 1 aromatic heterocycles. The van der Waals surface area contributed by atoms with Crippen molar-refractivity contribution in [1.82, 2.24) is 15.1 Å². The van der Waals surface area contributed by atoms with Gasteiger partial charge in [-0.2, -0.15) is 5.10 Å². The van der Waals surface area contributed by atoms with Gasteiger partial charge in [0.25, 0.3) is 0 Å². The SMILES string of the molecule is COCCCNC(=O)Nc1c(C)nn(Cc2ccccc2Cl)c1C. The molecule has 1 heterocycles. The lowest BCUT2D eigenvalue weighted by molar-refractivity contribution is 0.194. The molecule has 1 aromatic carbocycles. The third kappa shape index (κ3) is 4.72. The Morgan fingerprint density at radius 2 is 2.08 bits per heavy atom. The Bertz CT molecular complexity index is 700. The Balaban J connectivity index is 2.03. The lowest BCUT2D eigenvalue weighted by Crippen LogP contribution is -2.30. The van der Waals surface area contributed by atoms with Crippen molar-refractivity contribution in [2.45, 2.75) is 26.8 Å². The van der Waals surface area contributed by atoms with Crippen LogP contribution in [0.5, 0.6) is 0 Å². The van der Waals surface area contributed by atoms with Gasteiger partial charge in [0.2, 0.25) is 0 Å². The Hall–Kier alpha value is -2.05. The number of halogens is 1. The molecule has 2 amide bonds. The van der Waals surface area contributed by atoms with Gasteiger partial charge in [0, 0.05) is 25.3 Å². The van der Waals surface area contributed by atoms with E-state index in [0.717, 1.165) is 29.1 Å². The van der Waals surface area contributed by atoms with E-state index in [1.54, 1.807) is 7.11 Å². The van der Waals surface area contributed by atoms with Crippen LogP contribution in [-0.2, 0) is 11.3 Å². The van der Waals surface area contributed by atoms with E-state index in [9.17, 15) is 4.79 Å². The summed E-state index contributed by atoms with van der Waals surface area (Å²) >= 11 is 6.21. The fraction of sp³-hybridized carbons (Fsp3) is 0.412. The first-order valence-electron chi connectivity index (χ1n) is 7.84. The summed E-state index contributed by atoms with van der Waals surface area (Å²) in [7, 11) is 1.64. The molecule has 7 heteroatoms. The monoisotopic (exact) mass is 350 g/mol. The minimum Gasteiger partial charge on any atom is -0.385 e. The Morgan fingerprint density at radius 3 is 2.79 bits per heavy atom. The van der Waals surface area contributed by atoms with Crippen LogP contribution in [-0.4, -0.2) is 36.1 Å². The summed E-state index contributed by atoms with van der Waals surface area (Å²) < 4.78 is 6.80. The predicted octanol–water partition coefficient (Wildman–Crippen LogP) is 3.36. The van der Waals surface area contributed by atoms with Crippen molar-refractivity contribution in [3.05, 3.63) is 46.2 Å². The number of rotatable bonds is 7. The number of carbonyl (C=O) groups excluding carboxylic acids is 1. The molecular formula is C17H23ClN4O2. The Labute approximate surface area is 147 Å². The number of nitrogens with zero attached hydrogens (tertiary/aromatic N) is 2. The molecule has 0 aliphatic heterocycles. The summed E-state index contributed by atoms with van der Waals surface area (Å²) in [6.45, 7) is 5.54. The topological polar surface area (TPSA) is 68.2 Å². The van der Waals surface area contributed by atoms with Gasteiger partial charge < -0.3 is 15.4 Å². The van der Waals surface area contributed by atoms with Crippen molar-refractivity contribution in [3.8, 4) is 0 Å². The van der Waals surface area contributed by atoms with E-state index in [4.69, 9.17) is 16.3 Å². The van der Waals surface area contributed by atoms with Gasteiger partial charge in [0.15, 0.2) is 0 Å². The quantitative estimate of drug-likeness (QED) is 0.752. The summed E-state index contributed by atoms with van der Waals surface area (Å²) in [5, 5.41) is 10.9. The van der Waals surface area contributed by atoms with Crippen LogP contribution in [0.4, 0.5) is 10.5 Å². The van der Waals surface area contributed by atoms with E-state index in [-0.39, 0.29) is 6.03 Å². The zero-order valence-electron chi connectivity index (χ0n) is 14.2. The highest BCUT2D eigenvalue weighted by molar-refractivity contribution is 6.31. The molecule has 0 saturated carbocycles. The van der Waals surface area contributed by atoms with Crippen molar-refractivity contribution in [3.63, 3.8) is 0 Å². The number of methoxy groups -OCH3 is 1. The molecule has 2 rings (SSSR count). The summed E-state index contributed by atoms with van der Waals surface area (Å²) in [6, 6.07) is 7.42. The number of hydrogen-bond acceptors (Lipinski definition) is 3. The van der Waals surface area contributed by atoms with Gasteiger partial charge >= 0.3 is 6.03 Å². The van der Waals surface area contributed by atoms with Gasteiger partial charge in [0.05, 0.1) is 23.6 Å². The van der Waals surface area contributed by atoms with Gasteiger partial charge in [-0.3, -0.25) is 4.68 Å². The number of nitrogens with one attached hydrogen (secondary N) is 2. The van der Waals surface area contributed by atoms with Crippen LogP contribution < -0.4 is 10.6 Å². The summed E-state index contributed by atoms with van der Waals surface area (Å²) in [5.41, 5.74) is 3.37. The number of anilines is 1. The maximum absolute atomic E-state index is 12.0. The molecule has 0 bridgehead atoms. The first kappa shape index (κ1) is 18.3. The molecule has 24 heavy (non-hydrogen) atoms. The number of urea groups is 1. The second kappa shape index (κ2) is 8.70. The van der Waals surface area contributed by atoms with Gasteiger partial charge in [-0.05, 0) is 31.9 Å². The highest BCUT2D eigenvalue weighted by atomic mass is 35.5. The molecule has 2 N–H and O–H groups in total. The van der Waals surface area contributed by atoms with Crippen LogP contribution in [0.1, 0.15) is 23.4 Å². The standard InChI is InChI=1S/C17H23ClN4O2/c1-12-16(20-17(23)19-9-6-10-24-3)13(2)22(21-12)11-14-7-4-5-8-15(14)18/h4-5,7-8H,6,9-11H2,1-3H3,(H2,19,20,23). The lowest BCUT2D eigenvalue weighted by atomic mass is 10.2. The lowest BCUT2D eigenvalue weighted by Gasteiger charge is -2.09. The van der Waals surface area contributed by atoms with Crippen LogP contribution in [0, 0.1) is 13.8 Å². The van der Waals surface area contributed by atoms with E-state index in [2.05, 4.69) is 15.7 Å². The van der Waals surface area contributed by atoms with Crippen molar-refractivity contribution < 1.29 is 9.53 Å². The second-order valence-electron chi connectivity index (χ2n) is 5.52. The minimum atomic E-state index is -0.241. The minimum absolute atomic E-state index is 0.241. The number of carbonyl (C=O) groups is 1. The molecule has 0 fully saturated rings. The highest BCUT2D eigenvalue weighted by Gasteiger charge is 2.14. The smallest absolute Gasteiger partial charge is 0.319 e. The van der Waals surface area contributed by atoms with Crippen molar-refractivity contribution >= 4 is 23.3 Å². The Kier molecular flexibility index (Phi) is 6.63. The third-order valence-corrected chi connectivity index (χ3v) is 4.08. The number of benzene rings is 1. The zero-order valence-corrected chi connectivity index (χ0v) is 15.0. The van der Waals surface area contributed by atoms with Crippen molar-refractivity contribution in [2.24, 2.45) is 0 Å². The number of aryl methyl sites for hydroxylation is 1. The molecule has 0 spiro atoms. The summed E-state index contributed by atoms with van der Waals surface area (Å²) in [4.78, 5) is 12.0. The molecule has 0 atom stereocenters. The highest BCUT2D eigenvalue weighted by Crippen LogP contribution is 2.22. The van der Waals surface area contributed by atoms with Crippen LogP contribution in [0.15, 0.2) is 24.3 Å². The second-order valence-corrected chi connectivity index (χ2v) is 5.93. The van der Waals surface area contributed by atoms with Gasteiger partial charge in [-0.25, -0.2) is 4.79 Å². The van der Waals surface area contributed by atoms with Crippen molar-refractivity contribution in [2.75, 3.05) is 25.6 Å². The van der Waals surface area contributed by atoms with Gasteiger partial charge in [-0.15, -0.1) is 0 Å². The fourth-order valence-corrected chi connectivity index (χ4v) is 2.59. The third-order valence-electron chi connectivity index (χ3n) is 3.71. The van der Waals surface area contributed by atoms with E-state index < -0.39 is 0 Å². The molecule has 0 saturated heterocycles.